The van der Waals surface area contributed by atoms with E-state index in [1.807, 2.05) is 0 Å². The number of morpholine rings is 1. The molecule has 0 saturated carbocycles. The molecular weight excluding hydrogens is 242 g/mol. The third kappa shape index (κ3) is 2.53. The van der Waals surface area contributed by atoms with Gasteiger partial charge in [-0.2, -0.15) is 5.26 Å². The largest absolute Gasteiger partial charge is 0.379 e. The lowest BCUT2D eigenvalue weighted by Crippen LogP contribution is -2.44. The summed E-state index contributed by atoms with van der Waals surface area (Å²) >= 11 is 0. The molecule has 2 saturated heterocycles. The van der Waals surface area contributed by atoms with Crippen LogP contribution in [0, 0.1) is 11.3 Å². The lowest BCUT2D eigenvalue weighted by atomic mass is 10.2. The van der Waals surface area contributed by atoms with E-state index in [1.165, 1.54) is 0 Å². The van der Waals surface area contributed by atoms with Gasteiger partial charge >= 0.3 is 0 Å². The second kappa shape index (κ2) is 5.51. The zero-order valence-electron chi connectivity index (χ0n) is 10.8. The predicted octanol–water partition coefficient (Wildman–Crippen LogP) is 0.259. The molecule has 0 aromatic carbocycles. The molecule has 100 valence electrons. The maximum atomic E-state index is 9.09. The molecule has 6 heteroatoms. The second-order valence-electron chi connectivity index (χ2n) is 4.88. The molecule has 0 amide bonds. The highest BCUT2D eigenvalue weighted by atomic mass is 16.5. The van der Waals surface area contributed by atoms with Gasteiger partial charge in [0.25, 0.3) is 0 Å². The first-order chi connectivity index (χ1) is 9.38. The highest BCUT2D eigenvalue weighted by molar-refractivity contribution is 5.50. The van der Waals surface area contributed by atoms with Crippen LogP contribution in [0.25, 0.3) is 0 Å². The molecule has 3 heterocycles. The molecule has 2 aliphatic heterocycles. The van der Waals surface area contributed by atoms with Gasteiger partial charge in [0.1, 0.15) is 6.07 Å². The number of anilines is 1. The van der Waals surface area contributed by atoms with Gasteiger partial charge in [-0.05, 0) is 6.42 Å². The Kier molecular flexibility index (Phi) is 3.58. The van der Waals surface area contributed by atoms with Crippen molar-refractivity contribution in [1.82, 2.24) is 14.9 Å². The van der Waals surface area contributed by atoms with E-state index < -0.39 is 0 Å². The average Bonchev–Trinajstić information content (AvgIpc) is 2.98. The van der Waals surface area contributed by atoms with Crippen molar-refractivity contribution in [3.63, 3.8) is 0 Å². The van der Waals surface area contributed by atoms with Gasteiger partial charge in [0.2, 0.25) is 0 Å². The number of hydrogen-bond acceptors (Lipinski definition) is 6. The zero-order chi connectivity index (χ0) is 13.1. The Labute approximate surface area is 112 Å². The normalized spacial score (nSPS) is 24.4. The molecule has 1 atom stereocenters. The molecule has 0 radical (unpaired) electrons. The molecule has 3 rings (SSSR count). The summed E-state index contributed by atoms with van der Waals surface area (Å²) < 4.78 is 5.39. The Morgan fingerprint density at radius 2 is 2.00 bits per heavy atom. The van der Waals surface area contributed by atoms with Crippen LogP contribution in [0.15, 0.2) is 12.4 Å². The maximum absolute atomic E-state index is 9.09. The zero-order valence-corrected chi connectivity index (χ0v) is 10.8. The number of rotatable bonds is 2. The van der Waals surface area contributed by atoms with Gasteiger partial charge in [-0.15, -0.1) is 0 Å². The summed E-state index contributed by atoms with van der Waals surface area (Å²) in [7, 11) is 0. The van der Waals surface area contributed by atoms with Crippen molar-refractivity contribution in [1.29, 1.82) is 5.26 Å². The third-order valence-electron chi connectivity index (χ3n) is 3.81. The molecule has 6 nitrogen and oxygen atoms in total. The van der Waals surface area contributed by atoms with Gasteiger partial charge in [0.05, 0.1) is 13.2 Å². The van der Waals surface area contributed by atoms with E-state index in [1.54, 1.807) is 12.4 Å². The number of nitrogens with zero attached hydrogens (tertiary/aromatic N) is 5. The summed E-state index contributed by atoms with van der Waals surface area (Å²) in [5, 5.41) is 9.09. The van der Waals surface area contributed by atoms with Crippen molar-refractivity contribution in [3.8, 4) is 6.07 Å². The first-order valence-corrected chi connectivity index (χ1v) is 6.66. The standard InChI is InChI=1S/C13H17N5O/c14-9-12-13(16-3-2-15-12)18-4-1-11(10-18)17-5-7-19-8-6-17/h2-3,11H,1,4-8,10H2. The van der Waals surface area contributed by atoms with E-state index in [4.69, 9.17) is 10.00 Å². The molecule has 0 bridgehead atoms. The van der Waals surface area contributed by atoms with Crippen LogP contribution in [-0.4, -0.2) is 60.3 Å². The van der Waals surface area contributed by atoms with E-state index in [0.29, 0.717) is 11.7 Å². The molecule has 2 fully saturated rings. The van der Waals surface area contributed by atoms with Gasteiger partial charge in [-0.25, -0.2) is 9.97 Å². The quantitative estimate of drug-likeness (QED) is 0.759. The number of hydrogen-bond donors (Lipinski definition) is 0. The predicted molar refractivity (Wildman–Crippen MR) is 69.8 cm³/mol. The van der Waals surface area contributed by atoms with Crippen LogP contribution < -0.4 is 4.90 Å². The van der Waals surface area contributed by atoms with Crippen LogP contribution >= 0.6 is 0 Å². The van der Waals surface area contributed by atoms with Gasteiger partial charge < -0.3 is 9.64 Å². The number of ether oxygens (including phenoxy) is 1. The number of nitriles is 1. The lowest BCUT2D eigenvalue weighted by molar-refractivity contribution is 0.0209. The van der Waals surface area contributed by atoms with Crippen molar-refractivity contribution in [3.05, 3.63) is 18.1 Å². The van der Waals surface area contributed by atoms with Crippen LogP contribution in [0.1, 0.15) is 12.1 Å². The molecular formula is C13H17N5O. The van der Waals surface area contributed by atoms with Crippen molar-refractivity contribution < 1.29 is 4.74 Å². The summed E-state index contributed by atoms with van der Waals surface area (Å²) in [5.74, 6) is 0.723. The topological polar surface area (TPSA) is 65.3 Å². The van der Waals surface area contributed by atoms with Gasteiger partial charge in [0.15, 0.2) is 11.5 Å². The summed E-state index contributed by atoms with van der Waals surface area (Å²) in [6, 6.07) is 2.66. The summed E-state index contributed by atoms with van der Waals surface area (Å²) in [5.41, 5.74) is 0.421. The maximum Gasteiger partial charge on any atom is 0.183 e. The van der Waals surface area contributed by atoms with Crippen LogP contribution in [-0.2, 0) is 4.74 Å². The van der Waals surface area contributed by atoms with E-state index >= 15 is 0 Å². The minimum absolute atomic E-state index is 0.421. The summed E-state index contributed by atoms with van der Waals surface area (Å²) in [6.07, 6.45) is 4.33. The van der Waals surface area contributed by atoms with Crippen molar-refractivity contribution in [2.75, 3.05) is 44.3 Å². The van der Waals surface area contributed by atoms with Crippen LogP contribution in [0.3, 0.4) is 0 Å². The Morgan fingerprint density at radius 3 is 2.79 bits per heavy atom. The molecule has 0 aliphatic carbocycles. The van der Waals surface area contributed by atoms with E-state index in [-0.39, 0.29) is 0 Å². The smallest absolute Gasteiger partial charge is 0.183 e. The highest BCUT2D eigenvalue weighted by Gasteiger charge is 2.30. The Bertz CT molecular complexity index is 480. The van der Waals surface area contributed by atoms with Gasteiger partial charge in [-0.1, -0.05) is 0 Å². The van der Waals surface area contributed by atoms with Crippen LogP contribution in [0.2, 0.25) is 0 Å². The average molecular weight is 259 g/mol. The molecule has 0 spiro atoms. The van der Waals surface area contributed by atoms with Gasteiger partial charge in [-0.3, -0.25) is 4.90 Å². The summed E-state index contributed by atoms with van der Waals surface area (Å²) in [6.45, 7) is 5.52. The SMILES string of the molecule is N#Cc1nccnc1N1CCC(N2CCOCC2)C1. The molecule has 1 aromatic heterocycles. The molecule has 2 aliphatic rings. The van der Waals surface area contributed by atoms with E-state index in [2.05, 4.69) is 25.8 Å². The monoisotopic (exact) mass is 259 g/mol. The molecule has 19 heavy (non-hydrogen) atoms. The van der Waals surface area contributed by atoms with Gasteiger partial charge in [0, 0.05) is 44.6 Å². The third-order valence-corrected chi connectivity index (χ3v) is 3.81. The van der Waals surface area contributed by atoms with E-state index in [0.717, 1.165) is 51.6 Å². The fourth-order valence-corrected chi connectivity index (χ4v) is 2.82. The molecule has 0 N–H and O–H groups in total. The lowest BCUT2D eigenvalue weighted by Gasteiger charge is -2.32. The van der Waals surface area contributed by atoms with Crippen molar-refractivity contribution in [2.45, 2.75) is 12.5 Å². The first-order valence-electron chi connectivity index (χ1n) is 6.66. The minimum atomic E-state index is 0.421. The highest BCUT2D eigenvalue weighted by Crippen LogP contribution is 2.23. The Morgan fingerprint density at radius 1 is 1.21 bits per heavy atom. The van der Waals surface area contributed by atoms with E-state index in [9.17, 15) is 0 Å². The Hall–Kier alpha value is -1.71. The minimum Gasteiger partial charge on any atom is -0.379 e. The fourth-order valence-electron chi connectivity index (χ4n) is 2.82. The number of aromatic nitrogens is 2. The van der Waals surface area contributed by atoms with Crippen molar-refractivity contribution >= 4 is 5.82 Å². The van der Waals surface area contributed by atoms with Crippen molar-refractivity contribution in [2.24, 2.45) is 0 Å². The van der Waals surface area contributed by atoms with Crippen LogP contribution in [0.4, 0.5) is 5.82 Å². The van der Waals surface area contributed by atoms with Crippen LogP contribution in [0.5, 0.6) is 0 Å². The molecule has 1 aromatic rings. The first kappa shape index (κ1) is 12.3. The fraction of sp³-hybridized carbons (Fsp3) is 0.615. The summed E-state index contributed by atoms with van der Waals surface area (Å²) in [4.78, 5) is 13.0. The Balaban J connectivity index is 1.70. The molecule has 1 unspecified atom stereocenters. The second-order valence-corrected chi connectivity index (χ2v) is 4.88.